The first-order valence-electron chi connectivity index (χ1n) is 6.46. The summed E-state index contributed by atoms with van der Waals surface area (Å²) in [6.07, 6.45) is 7.53. The van der Waals surface area contributed by atoms with Crippen molar-refractivity contribution in [1.82, 2.24) is 15.0 Å². The third-order valence-corrected chi connectivity index (χ3v) is 3.72. The minimum absolute atomic E-state index is 0.672. The van der Waals surface area contributed by atoms with E-state index in [4.69, 9.17) is 11.6 Å². The zero-order chi connectivity index (χ0) is 12.4. The van der Waals surface area contributed by atoms with Crippen LogP contribution in [0.5, 0.6) is 0 Å². The molecule has 0 atom stereocenters. The van der Waals surface area contributed by atoms with Gasteiger partial charge in [0.25, 0.3) is 0 Å². The average Bonchev–Trinajstić information content (AvgIpc) is 3.04. The molecule has 0 N–H and O–H groups in total. The fraction of sp³-hybridized carbons (Fsp3) is 0.429. The van der Waals surface area contributed by atoms with Gasteiger partial charge in [0.15, 0.2) is 0 Å². The molecule has 0 fully saturated rings. The maximum absolute atomic E-state index is 5.68. The number of rotatable bonds is 4. The lowest BCUT2D eigenvalue weighted by Gasteiger charge is -2.03. The van der Waals surface area contributed by atoms with Gasteiger partial charge >= 0.3 is 0 Å². The first-order chi connectivity index (χ1) is 8.86. The van der Waals surface area contributed by atoms with Crippen molar-refractivity contribution < 1.29 is 0 Å². The molecule has 3 nitrogen and oxygen atoms in total. The number of nitrogens with zero attached hydrogens (tertiary/aromatic N) is 3. The number of aryl methyl sites for hydroxylation is 3. The molecule has 1 aromatic carbocycles. The molecule has 1 heterocycles. The molecule has 0 bridgehead atoms. The Kier molecular flexibility index (Phi) is 3.33. The van der Waals surface area contributed by atoms with Crippen molar-refractivity contribution >= 4 is 11.6 Å². The normalized spacial score (nSPS) is 13.8. The highest BCUT2D eigenvalue weighted by molar-refractivity contribution is 6.17. The average molecular weight is 262 g/mol. The largest absolute Gasteiger partial charge is 0.220 e. The van der Waals surface area contributed by atoms with Gasteiger partial charge in [0.05, 0.1) is 17.6 Å². The Morgan fingerprint density at radius 2 is 2.11 bits per heavy atom. The van der Waals surface area contributed by atoms with Gasteiger partial charge in [-0.1, -0.05) is 11.3 Å². The first-order valence-corrected chi connectivity index (χ1v) is 6.99. The maximum atomic E-state index is 5.68. The Morgan fingerprint density at radius 1 is 1.22 bits per heavy atom. The lowest BCUT2D eigenvalue weighted by Crippen LogP contribution is -1.96. The van der Waals surface area contributed by atoms with Crippen LogP contribution in [0.1, 0.15) is 29.7 Å². The van der Waals surface area contributed by atoms with E-state index in [9.17, 15) is 0 Å². The SMILES string of the molecule is ClCCCc1cn(-c2ccc3c(c2)CCC3)nn1. The molecule has 0 unspecified atom stereocenters. The predicted octanol–water partition coefficient (Wildman–Crippen LogP) is 2.93. The molecule has 2 aromatic rings. The highest BCUT2D eigenvalue weighted by Gasteiger charge is 2.12. The topological polar surface area (TPSA) is 30.7 Å². The Bertz CT molecular complexity index is 548. The quantitative estimate of drug-likeness (QED) is 0.793. The predicted molar refractivity (Wildman–Crippen MR) is 72.4 cm³/mol. The van der Waals surface area contributed by atoms with Gasteiger partial charge in [0, 0.05) is 5.88 Å². The van der Waals surface area contributed by atoms with Crippen molar-refractivity contribution in [3.05, 3.63) is 41.2 Å². The Balaban J connectivity index is 1.83. The molecule has 18 heavy (non-hydrogen) atoms. The second kappa shape index (κ2) is 5.11. The van der Waals surface area contributed by atoms with E-state index in [2.05, 4.69) is 28.5 Å². The van der Waals surface area contributed by atoms with Crippen LogP contribution < -0.4 is 0 Å². The fourth-order valence-corrected chi connectivity index (χ4v) is 2.62. The summed E-state index contributed by atoms with van der Waals surface area (Å²) in [5.41, 5.74) is 5.07. The number of aromatic nitrogens is 3. The van der Waals surface area contributed by atoms with Gasteiger partial charge in [-0.3, -0.25) is 0 Å². The number of hydrogen-bond acceptors (Lipinski definition) is 2. The van der Waals surface area contributed by atoms with Crippen molar-refractivity contribution in [3.8, 4) is 5.69 Å². The van der Waals surface area contributed by atoms with Gasteiger partial charge in [-0.05, 0) is 55.4 Å². The van der Waals surface area contributed by atoms with Crippen LogP contribution in [0.25, 0.3) is 5.69 Å². The molecule has 0 amide bonds. The monoisotopic (exact) mass is 261 g/mol. The van der Waals surface area contributed by atoms with Crippen LogP contribution in [0.4, 0.5) is 0 Å². The number of alkyl halides is 1. The summed E-state index contributed by atoms with van der Waals surface area (Å²) in [5, 5.41) is 8.37. The summed E-state index contributed by atoms with van der Waals surface area (Å²) in [7, 11) is 0. The highest BCUT2D eigenvalue weighted by Crippen LogP contribution is 2.24. The van der Waals surface area contributed by atoms with Crippen LogP contribution in [0.3, 0.4) is 0 Å². The zero-order valence-electron chi connectivity index (χ0n) is 10.3. The second-order valence-corrected chi connectivity index (χ2v) is 5.13. The van der Waals surface area contributed by atoms with Gasteiger partial charge in [-0.25, -0.2) is 4.68 Å². The number of fused-ring (bicyclic) bond motifs is 1. The smallest absolute Gasteiger partial charge is 0.0832 e. The fourth-order valence-electron chi connectivity index (χ4n) is 2.49. The maximum Gasteiger partial charge on any atom is 0.0832 e. The standard InChI is InChI=1S/C14H16ClN3/c15-8-2-5-13-10-18(17-16-13)14-7-6-11-3-1-4-12(11)9-14/h6-7,9-10H,1-5,8H2. The van der Waals surface area contributed by atoms with E-state index in [1.807, 2.05) is 10.9 Å². The van der Waals surface area contributed by atoms with Crippen molar-refractivity contribution in [3.63, 3.8) is 0 Å². The van der Waals surface area contributed by atoms with Crippen molar-refractivity contribution in [2.75, 3.05) is 5.88 Å². The van der Waals surface area contributed by atoms with Gasteiger partial charge in [0.1, 0.15) is 0 Å². The number of hydrogen-bond donors (Lipinski definition) is 0. The Morgan fingerprint density at radius 3 is 3.00 bits per heavy atom. The highest BCUT2D eigenvalue weighted by atomic mass is 35.5. The minimum atomic E-state index is 0.672. The van der Waals surface area contributed by atoms with Crippen LogP contribution in [0.15, 0.2) is 24.4 Å². The molecule has 1 aromatic heterocycles. The Labute approximate surface area is 112 Å². The van der Waals surface area contributed by atoms with E-state index in [1.54, 1.807) is 0 Å². The molecule has 0 aliphatic heterocycles. The van der Waals surface area contributed by atoms with Crippen molar-refractivity contribution in [2.45, 2.75) is 32.1 Å². The zero-order valence-corrected chi connectivity index (χ0v) is 11.0. The van der Waals surface area contributed by atoms with Crippen LogP contribution >= 0.6 is 11.6 Å². The summed E-state index contributed by atoms with van der Waals surface area (Å²) < 4.78 is 1.86. The third-order valence-electron chi connectivity index (χ3n) is 3.45. The van der Waals surface area contributed by atoms with E-state index in [0.717, 1.165) is 24.2 Å². The summed E-state index contributed by atoms with van der Waals surface area (Å²) in [5.74, 6) is 0.672. The molecule has 1 aliphatic carbocycles. The van der Waals surface area contributed by atoms with Crippen LogP contribution in [0, 0.1) is 0 Å². The number of benzene rings is 1. The first kappa shape index (κ1) is 11.7. The van der Waals surface area contributed by atoms with Gasteiger partial charge in [0.2, 0.25) is 0 Å². The summed E-state index contributed by atoms with van der Waals surface area (Å²) >= 11 is 5.68. The van der Waals surface area contributed by atoms with E-state index < -0.39 is 0 Å². The van der Waals surface area contributed by atoms with Gasteiger partial charge in [-0.2, -0.15) is 0 Å². The molecule has 0 saturated carbocycles. The van der Waals surface area contributed by atoms with Crippen LogP contribution in [-0.2, 0) is 19.3 Å². The molecule has 0 saturated heterocycles. The summed E-state index contributed by atoms with van der Waals surface area (Å²) in [6, 6.07) is 6.59. The molecule has 1 aliphatic rings. The lowest BCUT2D eigenvalue weighted by molar-refractivity contribution is 0.791. The molecule has 0 spiro atoms. The molecule has 0 radical (unpaired) electrons. The molecular weight excluding hydrogens is 246 g/mol. The van der Waals surface area contributed by atoms with E-state index in [-0.39, 0.29) is 0 Å². The summed E-state index contributed by atoms with van der Waals surface area (Å²) in [4.78, 5) is 0. The van der Waals surface area contributed by atoms with E-state index in [0.29, 0.717) is 5.88 Å². The summed E-state index contributed by atoms with van der Waals surface area (Å²) in [6.45, 7) is 0. The second-order valence-electron chi connectivity index (χ2n) is 4.75. The van der Waals surface area contributed by atoms with Crippen LogP contribution in [0.2, 0.25) is 0 Å². The van der Waals surface area contributed by atoms with Crippen molar-refractivity contribution in [1.29, 1.82) is 0 Å². The molecular formula is C14H16ClN3. The molecule has 4 heteroatoms. The van der Waals surface area contributed by atoms with E-state index >= 15 is 0 Å². The van der Waals surface area contributed by atoms with Crippen molar-refractivity contribution in [2.24, 2.45) is 0 Å². The Hall–Kier alpha value is -1.35. The molecule has 3 rings (SSSR count). The minimum Gasteiger partial charge on any atom is -0.220 e. The lowest BCUT2D eigenvalue weighted by atomic mass is 10.1. The van der Waals surface area contributed by atoms with Gasteiger partial charge < -0.3 is 0 Å². The third kappa shape index (κ3) is 2.27. The van der Waals surface area contributed by atoms with E-state index in [1.165, 1.54) is 30.4 Å². The molecule has 94 valence electrons. The van der Waals surface area contributed by atoms with Crippen LogP contribution in [-0.4, -0.2) is 20.9 Å². The van der Waals surface area contributed by atoms with Gasteiger partial charge in [-0.15, -0.1) is 16.7 Å². The number of halogens is 1.